The summed E-state index contributed by atoms with van der Waals surface area (Å²) in [6, 6.07) is 8.76. The summed E-state index contributed by atoms with van der Waals surface area (Å²) in [4.78, 5) is 28.5. The van der Waals surface area contributed by atoms with Crippen molar-refractivity contribution in [3.05, 3.63) is 52.0 Å². The van der Waals surface area contributed by atoms with E-state index in [0.29, 0.717) is 33.5 Å². The lowest BCUT2D eigenvalue weighted by Gasteiger charge is -2.34. The number of hydrogen-bond acceptors (Lipinski definition) is 6. The molecule has 2 aromatic rings. The van der Waals surface area contributed by atoms with Crippen molar-refractivity contribution in [1.82, 2.24) is 10.2 Å². The van der Waals surface area contributed by atoms with Crippen LogP contribution in [-0.2, 0) is 26.2 Å². The van der Waals surface area contributed by atoms with Crippen LogP contribution >= 0.6 is 23.2 Å². The number of fused-ring (bicyclic) bond motifs is 1. The quantitative estimate of drug-likeness (QED) is 0.437. The van der Waals surface area contributed by atoms with Gasteiger partial charge in [-0.3, -0.25) is 13.9 Å². The molecule has 1 heterocycles. The smallest absolute Gasteiger partial charge is 0.244 e. The van der Waals surface area contributed by atoms with Crippen LogP contribution in [0.2, 0.25) is 10.0 Å². The van der Waals surface area contributed by atoms with Crippen molar-refractivity contribution < 1.29 is 27.5 Å². The molecule has 1 atom stereocenters. The SMILES string of the molecule is CC[C@H](C(=O)NC(C)(C)C)N(Cc1ccc(Cl)c(Cl)c1)C(=O)CN(c1ccc2c(c1)OCO2)S(=O)(=O)CC. The van der Waals surface area contributed by atoms with Gasteiger partial charge in [0, 0.05) is 18.2 Å². The van der Waals surface area contributed by atoms with Crippen molar-refractivity contribution in [2.24, 2.45) is 0 Å². The van der Waals surface area contributed by atoms with Crippen LogP contribution in [-0.4, -0.2) is 55.8 Å². The normalized spacial score (nSPS) is 13.7. The van der Waals surface area contributed by atoms with Crippen molar-refractivity contribution in [2.45, 2.75) is 59.2 Å². The average molecular weight is 587 g/mol. The summed E-state index contributed by atoms with van der Waals surface area (Å²) in [7, 11) is -3.88. The van der Waals surface area contributed by atoms with Crippen LogP contribution < -0.4 is 19.1 Å². The Hall–Kier alpha value is -2.69. The summed E-state index contributed by atoms with van der Waals surface area (Å²) >= 11 is 12.3. The summed E-state index contributed by atoms with van der Waals surface area (Å²) in [5, 5.41) is 3.58. The van der Waals surface area contributed by atoms with E-state index in [4.69, 9.17) is 32.7 Å². The summed E-state index contributed by atoms with van der Waals surface area (Å²) in [6.07, 6.45) is 0.305. The van der Waals surface area contributed by atoms with Crippen LogP contribution in [0.4, 0.5) is 5.69 Å². The Kier molecular flexibility index (Phi) is 9.43. The van der Waals surface area contributed by atoms with Crippen molar-refractivity contribution in [2.75, 3.05) is 23.4 Å². The molecular weight excluding hydrogens is 553 g/mol. The van der Waals surface area contributed by atoms with E-state index in [2.05, 4.69) is 5.32 Å². The topological polar surface area (TPSA) is 105 Å². The summed E-state index contributed by atoms with van der Waals surface area (Å²) in [6.45, 7) is 8.35. The van der Waals surface area contributed by atoms with E-state index in [-0.39, 0.29) is 30.7 Å². The molecule has 0 bridgehead atoms. The van der Waals surface area contributed by atoms with Crippen molar-refractivity contribution in [3.8, 4) is 11.5 Å². The van der Waals surface area contributed by atoms with E-state index in [1.54, 1.807) is 37.3 Å². The summed E-state index contributed by atoms with van der Waals surface area (Å²) in [5.74, 6) is -0.263. The van der Waals surface area contributed by atoms with Gasteiger partial charge in [-0.15, -0.1) is 0 Å². The number of benzene rings is 2. The maximum absolute atomic E-state index is 13.9. The Labute approximate surface area is 234 Å². The number of amides is 2. The van der Waals surface area contributed by atoms with Crippen molar-refractivity contribution in [1.29, 1.82) is 0 Å². The van der Waals surface area contributed by atoms with Crippen LogP contribution in [0.3, 0.4) is 0 Å². The minimum atomic E-state index is -3.88. The Balaban J connectivity index is 2.00. The Morgan fingerprint density at radius 2 is 1.71 bits per heavy atom. The number of rotatable bonds is 10. The first-order valence-electron chi connectivity index (χ1n) is 12.2. The molecule has 0 radical (unpaired) electrons. The molecule has 0 aromatic heterocycles. The van der Waals surface area contributed by atoms with E-state index in [9.17, 15) is 18.0 Å². The summed E-state index contributed by atoms with van der Waals surface area (Å²) < 4.78 is 38.0. The number of nitrogens with zero attached hydrogens (tertiary/aromatic N) is 2. The molecular formula is C26H33Cl2N3O6S. The second-order valence-corrected chi connectivity index (χ2v) is 12.9. The monoisotopic (exact) mass is 585 g/mol. The highest BCUT2D eigenvalue weighted by Crippen LogP contribution is 2.36. The zero-order chi connectivity index (χ0) is 28.3. The third kappa shape index (κ3) is 7.24. The van der Waals surface area contributed by atoms with E-state index in [1.165, 1.54) is 17.9 Å². The van der Waals surface area contributed by atoms with Crippen LogP contribution in [0.1, 0.15) is 46.6 Å². The van der Waals surface area contributed by atoms with Gasteiger partial charge in [-0.25, -0.2) is 8.42 Å². The minimum absolute atomic E-state index is 0.0208. The number of ether oxygens (including phenoxy) is 2. The highest BCUT2D eigenvalue weighted by atomic mass is 35.5. The fourth-order valence-electron chi connectivity index (χ4n) is 3.97. The number of anilines is 1. The number of sulfonamides is 1. The molecule has 9 nitrogen and oxygen atoms in total. The van der Waals surface area contributed by atoms with Crippen LogP contribution in [0.15, 0.2) is 36.4 Å². The average Bonchev–Trinajstić information content (AvgIpc) is 3.31. The van der Waals surface area contributed by atoms with Gasteiger partial charge in [-0.2, -0.15) is 0 Å². The molecule has 0 fully saturated rings. The van der Waals surface area contributed by atoms with Gasteiger partial charge in [0.1, 0.15) is 12.6 Å². The lowest BCUT2D eigenvalue weighted by molar-refractivity contribution is -0.141. The van der Waals surface area contributed by atoms with E-state index < -0.39 is 34.1 Å². The molecule has 12 heteroatoms. The second-order valence-electron chi connectivity index (χ2n) is 9.88. The standard InChI is InChI=1S/C26H33Cl2N3O6S/c1-6-21(25(33)29-26(3,4)5)30(14-17-8-10-19(27)20(28)12-17)24(32)15-31(38(34,35)7-2)18-9-11-22-23(13-18)37-16-36-22/h8-13,21H,6-7,14-16H2,1-5H3,(H,29,33)/t21-/m1/s1. The highest BCUT2D eigenvalue weighted by Gasteiger charge is 2.34. The van der Waals surface area contributed by atoms with Gasteiger partial charge in [-0.05, 0) is 63.9 Å². The lowest BCUT2D eigenvalue weighted by Crippen LogP contribution is -2.55. The molecule has 0 saturated carbocycles. The number of nitrogens with one attached hydrogen (secondary N) is 1. The van der Waals surface area contributed by atoms with Gasteiger partial charge in [-0.1, -0.05) is 36.2 Å². The molecule has 3 rings (SSSR count). The Bertz CT molecular complexity index is 1300. The molecule has 0 aliphatic carbocycles. The largest absolute Gasteiger partial charge is 0.454 e. The van der Waals surface area contributed by atoms with Gasteiger partial charge in [0.15, 0.2) is 11.5 Å². The minimum Gasteiger partial charge on any atom is -0.454 e. The number of hydrogen-bond donors (Lipinski definition) is 1. The highest BCUT2D eigenvalue weighted by molar-refractivity contribution is 7.92. The predicted molar refractivity (Wildman–Crippen MR) is 148 cm³/mol. The molecule has 208 valence electrons. The molecule has 0 unspecified atom stereocenters. The molecule has 0 spiro atoms. The third-order valence-corrected chi connectivity index (χ3v) is 8.32. The van der Waals surface area contributed by atoms with E-state index in [0.717, 1.165) is 4.31 Å². The zero-order valence-electron chi connectivity index (χ0n) is 22.1. The van der Waals surface area contributed by atoms with Gasteiger partial charge in [0.05, 0.1) is 21.5 Å². The van der Waals surface area contributed by atoms with Crippen LogP contribution in [0.5, 0.6) is 11.5 Å². The third-order valence-electron chi connectivity index (χ3n) is 5.84. The first kappa shape index (κ1) is 29.9. The van der Waals surface area contributed by atoms with Crippen molar-refractivity contribution >= 4 is 50.7 Å². The van der Waals surface area contributed by atoms with Gasteiger partial charge in [0.25, 0.3) is 0 Å². The lowest BCUT2D eigenvalue weighted by atomic mass is 10.1. The second kappa shape index (κ2) is 12.0. The van der Waals surface area contributed by atoms with Gasteiger partial charge in [0.2, 0.25) is 28.6 Å². The first-order chi connectivity index (χ1) is 17.8. The van der Waals surface area contributed by atoms with Crippen molar-refractivity contribution in [3.63, 3.8) is 0 Å². The fraction of sp³-hybridized carbons (Fsp3) is 0.462. The number of carbonyl (C=O) groups excluding carboxylic acids is 2. The number of carbonyl (C=O) groups is 2. The Morgan fingerprint density at radius 1 is 1.03 bits per heavy atom. The molecule has 0 saturated heterocycles. The van der Waals surface area contributed by atoms with Gasteiger partial charge < -0.3 is 19.7 Å². The van der Waals surface area contributed by atoms with Crippen LogP contribution in [0, 0.1) is 0 Å². The molecule has 38 heavy (non-hydrogen) atoms. The Morgan fingerprint density at radius 3 is 2.32 bits per heavy atom. The molecule has 1 aliphatic heterocycles. The molecule has 2 aromatic carbocycles. The number of halogens is 2. The van der Waals surface area contributed by atoms with E-state index >= 15 is 0 Å². The molecule has 1 aliphatic rings. The fourth-order valence-corrected chi connectivity index (χ4v) is 5.34. The maximum Gasteiger partial charge on any atom is 0.244 e. The first-order valence-corrected chi connectivity index (χ1v) is 14.6. The van der Waals surface area contributed by atoms with Gasteiger partial charge >= 0.3 is 0 Å². The zero-order valence-corrected chi connectivity index (χ0v) is 24.4. The predicted octanol–water partition coefficient (Wildman–Crippen LogP) is 4.60. The van der Waals surface area contributed by atoms with E-state index in [1.807, 2.05) is 20.8 Å². The molecule has 1 N–H and O–H groups in total. The van der Waals surface area contributed by atoms with Crippen LogP contribution in [0.25, 0.3) is 0 Å². The molecule has 2 amide bonds. The maximum atomic E-state index is 13.9. The summed E-state index contributed by atoms with van der Waals surface area (Å²) in [5.41, 5.74) is 0.362.